The minimum atomic E-state index is -0.331. The van der Waals surface area contributed by atoms with Gasteiger partial charge in [0, 0.05) is 0 Å². The molecule has 1 aromatic carbocycles. The van der Waals surface area contributed by atoms with Gasteiger partial charge in [-0.15, -0.1) is 0 Å². The summed E-state index contributed by atoms with van der Waals surface area (Å²) in [7, 11) is 0. The van der Waals surface area contributed by atoms with Crippen LogP contribution in [0.1, 0.15) is 0 Å². The number of benzene rings is 1. The van der Waals surface area contributed by atoms with Gasteiger partial charge in [-0.05, 0) is 24.3 Å². The first kappa shape index (κ1) is 17.4. The summed E-state index contributed by atoms with van der Waals surface area (Å²) in [5, 5.41) is 8.59. The van der Waals surface area contributed by atoms with Gasteiger partial charge < -0.3 is 29.9 Å². The second-order valence-electron chi connectivity index (χ2n) is 1.48. The molecule has 0 heterocycles. The third-order valence-corrected chi connectivity index (χ3v) is 0.827. The molecule has 1 rings (SSSR count). The molecule has 0 aliphatic heterocycles. The van der Waals surface area contributed by atoms with E-state index in [1.807, 2.05) is 0 Å². The van der Waals surface area contributed by atoms with Gasteiger partial charge in [0.2, 0.25) is 0 Å². The first-order valence-corrected chi connectivity index (χ1v) is 2.23. The number of phenols is 1. The first-order valence-electron chi connectivity index (χ1n) is 2.23. The molecule has 11 heavy (non-hydrogen) atoms. The van der Waals surface area contributed by atoms with E-state index < -0.39 is 0 Å². The number of halogens is 3. The topological polar surface area (TPSA) is 20.2 Å². The second-order valence-corrected chi connectivity index (χ2v) is 1.48. The Morgan fingerprint density at radius 2 is 1.36 bits per heavy atom. The quantitative estimate of drug-likeness (QED) is 0.423. The van der Waals surface area contributed by atoms with Crippen LogP contribution in [0.25, 0.3) is 0 Å². The zero-order valence-corrected chi connectivity index (χ0v) is 8.52. The summed E-state index contributed by atoms with van der Waals surface area (Å²) in [5.41, 5.74) is 0. The molecule has 0 unspecified atom stereocenters. The van der Waals surface area contributed by atoms with E-state index >= 15 is 0 Å². The summed E-state index contributed by atoms with van der Waals surface area (Å²) in [6.07, 6.45) is 0. The Morgan fingerprint density at radius 3 is 1.64 bits per heavy atom. The van der Waals surface area contributed by atoms with Crippen molar-refractivity contribution in [2.75, 3.05) is 0 Å². The van der Waals surface area contributed by atoms with Gasteiger partial charge in [-0.2, -0.15) is 0 Å². The molecule has 0 amide bonds. The third-order valence-electron chi connectivity index (χ3n) is 0.827. The summed E-state index contributed by atoms with van der Waals surface area (Å²) in [6, 6.07) is 5.01. The Labute approximate surface area is 93.0 Å². The van der Waals surface area contributed by atoms with Crippen molar-refractivity contribution in [3.05, 3.63) is 30.1 Å². The maximum absolute atomic E-state index is 12.0. The van der Waals surface area contributed by atoms with Crippen molar-refractivity contribution in [3.8, 4) is 5.75 Å². The minimum absolute atomic E-state index is 0. The fourth-order valence-corrected chi connectivity index (χ4v) is 0.441. The zero-order valence-electron chi connectivity index (χ0n) is 5.60. The van der Waals surface area contributed by atoms with E-state index in [0.29, 0.717) is 0 Å². The van der Waals surface area contributed by atoms with Crippen molar-refractivity contribution < 1.29 is 34.3 Å². The zero-order chi connectivity index (χ0) is 5.98. The SMILES string of the molecule is Oc1ccc(F)cc1.[Cl-].[Cl-].[Mg+2]. The van der Waals surface area contributed by atoms with Crippen molar-refractivity contribution in [3.63, 3.8) is 0 Å². The molecular formula is C6H5Cl2FMgO. The van der Waals surface area contributed by atoms with Gasteiger partial charge >= 0.3 is 23.1 Å². The van der Waals surface area contributed by atoms with Gasteiger partial charge in [0.15, 0.2) is 0 Å². The number of rotatable bonds is 0. The Morgan fingerprint density at radius 1 is 1.00 bits per heavy atom. The summed E-state index contributed by atoms with van der Waals surface area (Å²) in [5.74, 6) is -0.241. The third kappa shape index (κ3) is 6.68. The average Bonchev–Trinajstić information content (AvgIpc) is 1.77. The standard InChI is InChI=1S/C6H5FO.2ClH.Mg/c7-5-1-3-6(8)4-2-5;;;/h1-4,8H;2*1H;/q;;;+2/p-2. The molecule has 0 bridgehead atoms. The Hall–Kier alpha value is 0.296. The van der Waals surface area contributed by atoms with E-state index in [0.717, 1.165) is 0 Å². The Balaban J connectivity index is -0.000000213. The molecule has 0 spiro atoms. The fraction of sp³-hybridized carbons (Fsp3) is 0. The van der Waals surface area contributed by atoms with Crippen molar-refractivity contribution in [2.45, 2.75) is 0 Å². The molecule has 0 aliphatic carbocycles. The van der Waals surface area contributed by atoms with Crippen molar-refractivity contribution in [1.82, 2.24) is 0 Å². The maximum Gasteiger partial charge on any atom is 2.00 e. The summed E-state index contributed by atoms with van der Waals surface area (Å²) >= 11 is 0. The van der Waals surface area contributed by atoms with Crippen LogP contribution < -0.4 is 24.8 Å². The summed E-state index contributed by atoms with van der Waals surface area (Å²) in [6.45, 7) is 0. The summed E-state index contributed by atoms with van der Waals surface area (Å²) < 4.78 is 12.0. The minimum Gasteiger partial charge on any atom is -1.00 e. The molecule has 0 aromatic heterocycles. The molecule has 0 saturated heterocycles. The van der Waals surface area contributed by atoms with Crippen molar-refractivity contribution in [1.29, 1.82) is 0 Å². The fourth-order valence-electron chi connectivity index (χ4n) is 0.441. The van der Waals surface area contributed by atoms with E-state index in [1.54, 1.807) is 0 Å². The largest absolute Gasteiger partial charge is 2.00 e. The predicted octanol–water partition coefficient (Wildman–Crippen LogP) is -4.84. The van der Waals surface area contributed by atoms with Crippen LogP contribution in [0, 0.1) is 5.82 Å². The molecule has 0 aliphatic rings. The second kappa shape index (κ2) is 8.39. The average molecular weight is 207 g/mol. The van der Waals surface area contributed by atoms with Gasteiger partial charge in [0.25, 0.3) is 0 Å². The van der Waals surface area contributed by atoms with Crippen LogP contribution in [-0.2, 0) is 0 Å². The molecule has 0 fully saturated rings. The van der Waals surface area contributed by atoms with E-state index in [-0.39, 0.29) is 59.4 Å². The Kier molecular flexibility index (Phi) is 13.3. The molecular weight excluding hydrogens is 202 g/mol. The van der Waals surface area contributed by atoms with Gasteiger partial charge in [0.1, 0.15) is 11.6 Å². The van der Waals surface area contributed by atoms with E-state index in [4.69, 9.17) is 5.11 Å². The van der Waals surface area contributed by atoms with Crippen LogP contribution in [0.2, 0.25) is 0 Å². The smallest absolute Gasteiger partial charge is 1.00 e. The van der Waals surface area contributed by atoms with Crippen LogP contribution in [0.3, 0.4) is 0 Å². The van der Waals surface area contributed by atoms with Crippen LogP contribution in [0.4, 0.5) is 4.39 Å². The van der Waals surface area contributed by atoms with Gasteiger partial charge in [-0.3, -0.25) is 0 Å². The van der Waals surface area contributed by atoms with Gasteiger partial charge in [-0.1, -0.05) is 0 Å². The van der Waals surface area contributed by atoms with Crippen LogP contribution in [0.5, 0.6) is 5.75 Å². The van der Waals surface area contributed by atoms with Crippen molar-refractivity contribution >= 4 is 23.1 Å². The van der Waals surface area contributed by atoms with Gasteiger partial charge in [0.05, 0.1) is 0 Å². The first-order chi connectivity index (χ1) is 3.79. The van der Waals surface area contributed by atoms with Gasteiger partial charge in [-0.25, -0.2) is 4.39 Å². The van der Waals surface area contributed by atoms with Crippen molar-refractivity contribution in [2.24, 2.45) is 0 Å². The maximum atomic E-state index is 12.0. The molecule has 0 saturated carbocycles. The molecule has 5 heteroatoms. The number of aromatic hydroxyl groups is 1. The van der Waals surface area contributed by atoms with E-state index in [2.05, 4.69) is 0 Å². The molecule has 0 atom stereocenters. The molecule has 1 aromatic rings. The monoisotopic (exact) mass is 206 g/mol. The number of hydrogen-bond acceptors (Lipinski definition) is 1. The predicted molar refractivity (Wildman–Crippen MR) is 33.8 cm³/mol. The van der Waals surface area contributed by atoms with E-state index in [1.165, 1.54) is 24.3 Å². The van der Waals surface area contributed by atoms with Crippen LogP contribution in [0.15, 0.2) is 24.3 Å². The summed E-state index contributed by atoms with van der Waals surface area (Å²) in [4.78, 5) is 0. The molecule has 1 nitrogen and oxygen atoms in total. The van der Waals surface area contributed by atoms with E-state index in [9.17, 15) is 4.39 Å². The number of phenolic OH excluding ortho intramolecular Hbond substituents is 1. The molecule has 0 radical (unpaired) electrons. The van der Waals surface area contributed by atoms with Crippen LogP contribution >= 0.6 is 0 Å². The number of hydrogen-bond donors (Lipinski definition) is 1. The Bertz CT molecular complexity index is 159. The molecule has 1 N–H and O–H groups in total. The normalized spacial score (nSPS) is 6.64. The van der Waals surface area contributed by atoms with Crippen LogP contribution in [-0.4, -0.2) is 28.2 Å². The molecule has 58 valence electrons.